The molecule has 0 aromatic heterocycles. The molecular formula is C13H24N2S. The maximum Gasteiger partial charge on any atom is 0.0249 e. The lowest BCUT2D eigenvalue weighted by Gasteiger charge is -2.35. The fourth-order valence-corrected chi connectivity index (χ4v) is 4.70. The van der Waals surface area contributed by atoms with Gasteiger partial charge in [0.25, 0.3) is 0 Å². The van der Waals surface area contributed by atoms with Crippen molar-refractivity contribution in [2.45, 2.75) is 56.7 Å². The van der Waals surface area contributed by atoms with Crippen molar-refractivity contribution in [3.8, 4) is 0 Å². The highest BCUT2D eigenvalue weighted by molar-refractivity contribution is 7.99. The molecule has 0 amide bonds. The summed E-state index contributed by atoms with van der Waals surface area (Å²) in [7, 11) is 0. The van der Waals surface area contributed by atoms with Gasteiger partial charge in [-0.3, -0.25) is 4.90 Å². The van der Waals surface area contributed by atoms with E-state index in [1.54, 1.807) is 0 Å². The normalized spacial score (nSPS) is 40.9. The Balaban J connectivity index is 1.54. The molecule has 3 heteroatoms. The van der Waals surface area contributed by atoms with Gasteiger partial charge in [0.15, 0.2) is 0 Å². The molecule has 3 aliphatic heterocycles. The quantitative estimate of drug-likeness (QED) is 0.796. The van der Waals surface area contributed by atoms with Crippen molar-refractivity contribution in [3.05, 3.63) is 0 Å². The smallest absolute Gasteiger partial charge is 0.0249 e. The fraction of sp³-hybridized carbons (Fsp3) is 1.00. The van der Waals surface area contributed by atoms with E-state index < -0.39 is 0 Å². The molecule has 3 aliphatic rings. The predicted molar refractivity (Wildman–Crippen MR) is 71.1 cm³/mol. The van der Waals surface area contributed by atoms with Crippen LogP contribution in [0, 0.1) is 0 Å². The molecule has 3 saturated heterocycles. The fourth-order valence-electron chi connectivity index (χ4n) is 3.62. The lowest BCUT2D eigenvalue weighted by atomic mass is 9.98. The number of hydrogen-bond donors (Lipinski definition) is 1. The summed E-state index contributed by atoms with van der Waals surface area (Å²) in [4.78, 5) is 2.73. The molecular weight excluding hydrogens is 216 g/mol. The SMILES string of the molecule is C1CSCC(NC2CCN3CCCCC23)C1. The highest BCUT2D eigenvalue weighted by Crippen LogP contribution is 2.28. The number of thioether (sulfide) groups is 1. The molecule has 92 valence electrons. The molecule has 16 heavy (non-hydrogen) atoms. The van der Waals surface area contributed by atoms with Crippen LogP contribution in [0.25, 0.3) is 0 Å². The van der Waals surface area contributed by atoms with Crippen molar-refractivity contribution in [3.63, 3.8) is 0 Å². The lowest BCUT2D eigenvalue weighted by Crippen LogP contribution is -2.49. The Morgan fingerprint density at radius 1 is 1.00 bits per heavy atom. The van der Waals surface area contributed by atoms with Gasteiger partial charge in [0.05, 0.1) is 0 Å². The predicted octanol–water partition coefficient (Wildman–Crippen LogP) is 2.10. The number of nitrogens with zero attached hydrogens (tertiary/aromatic N) is 1. The van der Waals surface area contributed by atoms with Crippen molar-refractivity contribution in [2.75, 3.05) is 24.6 Å². The van der Waals surface area contributed by atoms with Gasteiger partial charge in [0.2, 0.25) is 0 Å². The van der Waals surface area contributed by atoms with E-state index in [0.29, 0.717) is 0 Å². The van der Waals surface area contributed by atoms with Crippen LogP contribution in [-0.2, 0) is 0 Å². The second-order valence-electron chi connectivity index (χ2n) is 5.58. The molecule has 0 aliphatic carbocycles. The molecule has 3 atom stereocenters. The van der Waals surface area contributed by atoms with Crippen molar-refractivity contribution in [1.82, 2.24) is 10.2 Å². The Labute approximate surface area is 104 Å². The third-order valence-corrected chi connectivity index (χ3v) is 5.68. The van der Waals surface area contributed by atoms with Gasteiger partial charge in [0.1, 0.15) is 0 Å². The number of piperidine rings is 1. The summed E-state index contributed by atoms with van der Waals surface area (Å²) < 4.78 is 0. The van der Waals surface area contributed by atoms with E-state index in [9.17, 15) is 0 Å². The Morgan fingerprint density at radius 3 is 2.88 bits per heavy atom. The molecule has 0 aromatic carbocycles. The minimum atomic E-state index is 0.809. The first-order chi connectivity index (χ1) is 7.93. The zero-order valence-corrected chi connectivity index (χ0v) is 11.0. The monoisotopic (exact) mass is 240 g/mol. The summed E-state index contributed by atoms with van der Waals surface area (Å²) >= 11 is 2.14. The highest BCUT2D eigenvalue weighted by Gasteiger charge is 2.36. The minimum Gasteiger partial charge on any atom is -0.309 e. The van der Waals surface area contributed by atoms with Gasteiger partial charge < -0.3 is 5.32 Å². The lowest BCUT2D eigenvalue weighted by molar-refractivity contribution is 0.176. The topological polar surface area (TPSA) is 15.3 Å². The largest absolute Gasteiger partial charge is 0.309 e. The maximum absolute atomic E-state index is 3.95. The Bertz CT molecular complexity index is 228. The van der Waals surface area contributed by atoms with Crippen LogP contribution in [0.4, 0.5) is 0 Å². The second kappa shape index (κ2) is 5.28. The molecule has 0 aromatic rings. The van der Waals surface area contributed by atoms with Crippen molar-refractivity contribution in [1.29, 1.82) is 0 Å². The molecule has 2 nitrogen and oxygen atoms in total. The Hall–Kier alpha value is 0.270. The zero-order chi connectivity index (χ0) is 10.8. The van der Waals surface area contributed by atoms with Gasteiger partial charge in [-0.2, -0.15) is 11.8 Å². The molecule has 1 N–H and O–H groups in total. The van der Waals surface area contributed by atoms with Crippen LogP contribution in [0.3, 0.4) is 0 Å². The van der Waals surface area contributed by atoms with Gasteiger partial charge >= 0.3 is 0 Å². The second-order valence-corrected chi connectivity index (χ2v) is 6.72. The first-order valence-corrected chi connectivity index (χ1v) is 8.17. The van der Waals surface area contributed by atoms with E-state index in [-0.39, 0.29) is 0 Å². The summed E-state index contributed by atoms with van der Waals surface area (Å²) in [5, 5.41) is 3.95. The zero-order valence-electron chi connectivity index (χ0n) is 10.2. The van der Waals surface area contributed by atoms with Crippen LogP contribution in [0.15, 0.2) is 0 Å². The maximum atomic E-state index is 3.95. The minimum absolute atomic E-state index is 0.809. The molecule has 0 radical (unpaired) electrons. The van der Waals surface area contributed by atoms with E-state index in [1.807, 2.05) is 0 Å². The average molecular weight is 240 g/mol. The molecule has 0 spiro atoms. The van der Waals surface area contributed by atoms with Crippen LogP contribution in [0.2, 0.25) is 0 Å². The van der Waals surface area contributed by atoms with Crippen LogP contribution in [0.5, 0.6) is 0 Å². The van der Waals surface area contributed by atoms with Crippen LogP contribution >= 0.6 is 11.8 Å². The van der Waals surface area contributed by atoms with Gasteiger partial charge in [-0.05, 0) is 44.4 Å². The summed E-state index contributed by atoms with van der Waals surface area (Å²) in [5.74, 6) is 2.74. The number of hydrogen-bond acceptors (Lipinski definition) is 3. The van der Waals surface area contributed by atoms with Gasteiger partial charge in [0, 0.05) is 30.4 Å². The molecule has 3 unspecified atom stereocenters. The summed E-state index contributed by atoms with van der Waals surface area (Å²) in [5.41, 5.74) is 0. The van der Waals surface area contributed by atoms with Crippen molar-refractivity contribution in [2.24, 2.45) is 0 Å². The van der Waals surface area contributed by atoms with E-state index in [0.717, 1.165) is 18.1 Å². The molecule has 0 bridgehead atoms. The van der Waals surface area contributed by atoms with Gasteiger partial charge in [-0.25, -0.2) is 0 Å². The molecule has 3 heterocycles. The van der Waals surface area contributed by atoms with Crippen LogP contribution < -0.4 is 5.32 Å². The van der Waals surface area contributed by atoms with Crippen LogP contribution in [0.1, 0.15) is 38.5 Å². The third kappa shape index (κ3) is 2.41. The highest BCUT2D eigenvalue weighted by atomic mass is 32.2. The summed E-state index contributed by atoms with van der Waals surface area (Å²) in [6.45, 7) is 2.71. The van der Waals surface area contributed by atoms with E-state index in [4.69, 9.17) is 0 Å². The Kier molecular flexibility index (Phi) is 3.75. The standard InChI is InChI=1S/C13H24N2S/c1-2-7-15-8-6-12(13(15)5-1)14-11-4-3-9-16-10-11/h11-14H,1-10H2. The first-order valence-electron chi connectivity index (χ1n) is 7.01. The van der Waals surface area contributed by atoms with E-state index in [2.05, 4.69) is 22.0 Å². The number of rotatable bonds is 2. The van der Waals surface area contributed by atoms with Crippen LogP contribution in [-0.4, -0.2) is 47.6 Å². The molecule has 0 saturated carbocycles. The van der Waals surface area contributed by atoms with Gasteiger partial charge in [-0.1, -0.05) is 6.42 Å². The number of fused-ring (bicyclic) bond motifs is 1. The van der Waals surface area contributed by atoms with E-state index >= 15 is 0 Å². The number of nitrogens with one attached hydrogen (secondary N) is 1. The summed E-state index contributed by atoms with van der Waals surface area (Å²) in [6, 6.07) is 2.50. The molecule has 3 fully saturated rings. The third-order valence-electron chi connectivity index (χ3n) is 4.47. The average Bonchev–Trinajstić information content (AvgIpc) is 2.74. The first kappa shape index (κ1) is 11.4. The van der Waals surface area contributed by atoms with Gasteiger partial charge in [-0.15, -0.1) is 0 Å². The van der Waals surface area contributed by atoms with Crippen molar-refractivity contribution < 1.29 is 0 Å². The van der Waals surface area contributed by atoms with E-state index in [1.165, 1.54) is 63.1 Å². The molecule has 3 rings (SSSR count). The summed E-state index contributed by atoms with van der Waals surface area (Å²) in [6.07, 6.45) is 8.56. The van der Waals surface area contributed by atoms with Crippen molar-refractivity contribution >= 4 is 11.8 Å². The Morgan fingerprint density at radius 2 is 2.00 bits per heavy atom.